The average molecular weight is 458 g/mol. The number of nitrogens with zero attached hydrogens (tertiary/aromatic N) is 3. The number of fused-ring (bicyclic) bond motifs is 3. The van der Waals surface area contributed by atoms with E-state index < -0.39 is 11.8 Å². The maximum atomic E-state index is 16.2. The molecule has 0 bridgehead atoms. The summed E-state index contributed by atoms with van der Waals surface area (Å²) in [6.07, 6.45) is 1.55. The fourth-order valence-electron chi connectivity index (χ4n) is 4.66. The van der Waals surface area contributed by atoms with Crippen LogP contribution < -0.4 is 9.47 Å². The van der Waals surface area contributed by atoms with Gasteiger partial charge in [0.25, 0.3) is 0 Å². The third kappa shape index (κ3) is 3.26. The minimum atomic E-state index is -1.53. The summed E-state index contributed by atoms with van der Waals surface area (Å²) in [5, 5.41) is 9.19. The molecule has 1 aliphatic heterocycles. The van der Waals surface area contributed by atoms with Crippen molar-refractivity contribution < 1.29 is 18.6 Å². The van der Waals surface area contributed by atoms with E-state index in [0.717, 1.165) is 29.7 Å². The van der Waals surface area contributed by atoms with Crippen LogP contribution in [0.1, 0.15) is 55.1 Å². The first-order valence-corrected chi connectivity index (χ1v) is 11.2. The van der Waals surface area contributed by atoms with Crippen molar-refractivity contribution in [1.82, 2.24) is 14.8 Å². The second kappa shape index (κ2) is 8.05. The summed E-state index contributed by atoms with van der Waals surface area (Å²) in [5.74, 6) is 2.04. The standard InChI is InChI=1S/C24H25ClFN3O3/c1-4-24(26,14-8-9-14)23-28-27-20-13-32-21(16-6-5-7-19(30-2)22(16)31-3)17-12-15(25)10-11-18(17)29(20)23/h5-7,10-12,14,21H,4,8-9,13H2,1-3H3/t21-,24?/m1/s1. The number of benzene rings is 2. The molecule has 1 unspecified atom stereocenters. The number of para-hydroxylation sites is 1. The van der Waals surface area contributed by atoms with Gasteiger partial charge in [-0.25, -0.2) is 4.39 Å². The van der Waals surface area contributed by atoms with Gasteiger partial charge in [0, 0.05) is 22.1 Å². The molecule has 2 atom stereocenters. The van der Waals surface area contributed by atoms with Gasteiger partial charge < -0.3 is 14.2 Å². The first kappa shape index (κ1) is 21.2. The Bertz CT molecular complexity index is 1160. The molecule has 1 aliphatic carbocycles. The van der Waals surface area contributed by atoms with Crippen LogP contribution in [0.3, 0.4) is 0 Å². The topological polar surface area (TPSA) is 58.4 Å². The van der Waals surface area contributed by atoms with Crippen LogP contribution in [0.15, 0.2) is 36.4 Å². The molecule has 0 N–H and O–H groups in total. The van der Waals surface area contributed by atoms with Crippen molar-refractivity contribution in [1.29, 1.82) is 0 Å². The van der Waals surface area contributed by atoms with E-state index in [2.05, 4.69) is 10.2 Å². The molecular weight excluding hydrogens is 433 g/mol. The zero-order valence-electron chi connectivity index (χ0n) is 18.3. The van der Waals surface area contributed by atoms with E-state index in [1.165, 1.54) is 0 Å². The van der Waals surface area contributed by atoms with Crippen LogP contribution in [-0.4, -0.2) is 29.0 Å². The van der Waals surface area contributed by atoms with Crippen molar-refractivity contribution in [2.24, 2.45) is 5.92 Å². The molecule has 1 saturated carbocycles. The molecule has 6 nitrogen and oxygen atoms in total. The minimum Gasteiger partial charge on any atom is -0.493 e. The SMILES string of the molecule is CCC(F)(c1nnc2n1-c1ccc(Cl)cc1[C@@H](c1cccc(OC)c1OC)OC2)C1CC1. The van der Waals surface area contributed by atoms with Crippen LogP contribution in [-0.2, 0) is 17.0 Å². The predicted octanol–water partition coefficient (Wildman–Crippen LogP) is 5.54. The Morgan fingerprint density at radius 2 is 1.97 bits per heavy atom. The largest absolute Gasteiger partial charge is 0.493 e. The van der Waals surface area contributed by atoms with Crippen LogP contribution >= 0.6 is 11.6 Å². The van der Waals surface area contributed by atoms with Gasteiger partial charge in [0.2, 0.25) is 0 Å². The Kier molecular flexibility index (Phi) is 5.34. The van der Waals surface area contributed by atoms with Crippen LogP contribution in [0.4, 0.5) is 4.39 Å². The van der Waals surface area contributed by atoms with Gasteiger partial charge in [-0.05, 0) is 43.5 Å². The van der Waals surface area contributed by atoms with E-state index in [1.54, 1.807) is 20.3 Å². The highest BCUT2D eigenvalue weighted by Crippen LogP contribution is 2.51. The Hall–Kier alpha value is -2.64. The normalized spacial score (nSPS) is 19.5. The van der Waals surface area contributed by atoms with Crippen molar-refractivity contribution in [3.05, 3.63) is 64.2 Å². The molecule has 1 aromatic heterocycles. The van der Waals surface area contributed by atoms with Gasteiger partial charge in [-0.1, -0.05) is 30.7 Å². The smallest absolute Gasteiger partial charge is 0.175 e. The second-order valence-corrected chi connectivity index (χ2v) is 8.68. The maximum absolute atomic E-state index is 16.2. The molecule has 8 heteroatoms. The third-order valence-electron chi connectivity index (χ3n) is 6.45. The van der Waals surface area contributed by atoms with Gasteiger partial charge in [0.1, 0.15) is 12.7 Å². The van der Waals surface area contributed by atoms with Crippen molar-refractivity contribution in [3.8, 4) is 17.2 Å². The van der Waals surface area contributed by atoms with Gasteiger partial charge in [0.15, 0.2) is 28.8 Å². The lowest BCUT2D eigenvalue weighted by Crippen LogP contribution is -2.27. The summed E-state index contributed by atoms with van der Waals surface area (Å²) in [7, 11) is 3.19. The molecule has 2 aromatic carbocycles. The number of alkyl halides is 1. The summed E-state index contributed by atoms with van der Waals surface area (Å²) >= 11 is 6.41. The molecule has 2 aliphatic rings. The zero-order chi connectivity index (χ0) is 22.5. The lowest BCUT2D eigenvalue weighted by molar-refractivity contribution is 0.0634. The molecule has 168 valence electrons. The summed E-state index contributed by atoms with van der Waals surface area (Å²) in [5.41, 5.74) is 0.807. The van der Waals surface area contributed by atoms with Gasteiger partial charge in [-0.2, -0.15) is 0 Å². The number of hydrogen-bond acceptors (Lipinski definition) is 5. The molecule has 32 heavy (non-hydrogen) atoms. The summed E-state index contributed by atoms with van der Waals surface area (Å²) in [6, 6.07) is 11.2. The van der Waals surface area contributed by atoms with Crippen LogP contribution in [0.5, 0.6) is 11.5 Å². The van der Waals surface area contributed by atoms with E-state index in [1.807, 2.05) is 41.8 Å². The van der Waals surface area contributed by atoms with Crippen molar-refractivity contribution in [2.45, 2.75) is 44.6 Å². The Labute approximate surface area is 191 Å². The summed E-state index contributed by atoms with van der Waals surface area (Å²) in [4.78, 5) is 0. The molecule has 3 aromatic rings. The lowest BCUT2D eigenvalue weighted by Gasteiger charge is -2.25. The molecule has 0 radical (unpaired) electrons. The third-order valence-corrected chi connectivity index (χ3v) is 6.68. The number of methoxy groups -OCH3 is 2. The number of ether oxygens (including phenoxy) is 3. The molecule has 5 rings (SSSR count). The van der Waals surface area contributed by atoms with E-state index in [4.69, 9.17) is 25.8 Å². The van der Waals surface area contributed by atoms with Gasteiger partial charge in [-0.15, -0.1) is 10.2 Å². The van der Waals surface area contributed by atoms with Gasteiger partial charge in [0.05, 0.1) is 19.9 Å². The zero-order valence-corrected chi connectivity index (χ0v) is 19.0. The second-order valence-electron chi connectivity index (χ2n) is 8.24. The summed E-state index contributed by atoms with van der Waals surface area (Å²) in [6.45, 7) is 2.02. The monoisotopic (exact) mass is 457 g/mol. The average Bonchev–Trinajstić information content (AvgIpc) is 3.61. The highest BCUT2D eigenvalue weighted by Gasteiger charge is 2.50. The molecule has 0 amide bonds. The Balaban J connectivity index is 1.72. The first-order chi connectivity index (χ1) is 15.5. The number of halogens is 2. The van der Waals surface area contributed by atoms with E-state index in [9.17, 15) is 0 Å². The molecule has 0 saturated heterocycles. The molecular formula is C24H25ClFN3O3. The molecule has 2 heterocycles. The Morgan fingerprint density at radius 1 is 1.16 bits per heavy atom. The van der Waals surface area contributed by atoms with Crippen LogP contribution in [0, 0.1) is 5.92 Å². The molecule has 0 spiro atoms. The maximum Gasteiger partial charge on any atom is 0.175 e. The Morgan fingerprint density at radius 3 is 2.66 bits per heavy atom. The number of aromatic nitrogens is 3. The minimum absolute atomic E-state index is 0.0324. The van der Waals surface area contributed by atoms with E-state index in [-0.39, 0.29) is 12.5 Å². The quantitative estimate of drug-likeness (QED) is 0.486. The van der Waals surface area contributed by atoms with Crippen molar-refractivity contribution in [3.63, 3.8) is 0 Å². The van der Waals surface area contributed by atoms with Gasteiger partial charge in [-0.3, -0.25) is 4.57 Å². The van der Waals surface area contributed by atoms with Crippen molar-refractivity contribution >= 4 is 11.6 Å². The van der Waals surface area contributed by atoms with Crippen molar-refractivity contribution in [2.75, 3.05) is 14.2 Å². The highest BCUT2D eigenvalue weighted by atomic mass is 35.5. The van der Waals surface area contributed by atoms with Crippen LogP contribution in [0.25, 0.3) is 5.69 Å². The fraction of sp³-hybridized carbons (Fsp3) is 0.417. The number of rotatable bonds is 6. The first-order valence-electron chi connectivity index (χ1n) is 10.8. The van der Waals surface area contributed by atoms with Crippen LogP contribution in [0.2, 0.25) is 5.02 Å². The van der Waals surface area contributed by atoms with E-state index >= 15 is 4.39 Å². The van der Waals surface area contributed by atoms with Gasteiger partial charge >= 0.3 is 0 Å². The molecule has 1 fully saturated rings. The highest BCUT2D eigenvalue weighted by molar-refractivity contribution is 6.30. The number of hydrogen-bond donors (Lipinski definition) is 0. The lowest BCUT2D eigenvalue weighted by atomic mass is 9.94. The van der Waals surface area contributed by atoms with E-state index in [0.29, 0.717) is 34.6 Å². The predicted molar refractivity (Wildman–Crippen MR) is 118 cm³/mol. The summed E-state index contributed by atoms with van der Waals surface area (Å²) < 4.78 is 35.5. The fourth-order valence-corrected chi connectivity index (χ4v) is 4.85.